The van der Waals surface area contributed by atoms with Crippen molar-refractivity contribution >= 4 is 40.2 Å². The summed E-state index contributed by atoms with van der Waals surface area (Å²) in [5.41, 5.74) is 0.315. The summed E-state index contributed by atoms with van der Waals surface area (Å²) in [5.74, 6) is 0.301. The van der Waals surface area contributed by atoms with E-state index in [1.165, 1.54) is 31.4 Å². The van der Waals surface area contributed by atoms with E-state index in [4.69, 9.17) is 14.2 Å². The van der Waals surface area contributed by atoms with E-state index in [9.17, 15) is 18.8 Å². The summed E-state index contributed by atoms with van der Waals surface area (Å²) in [6.45, 7) is 5.27. The zero-order chi connectivity index (χ0) is 32.4. The number of methoxy groups -OCH3 is 1. The summed E-state index contributed by atoms with van der Waals surface area (Å²) in [6, 6.07) is 17.1. The highest BCUT2D eigenvalue weighted by molar-refractivity contribution is 6.16. The molecule has 2 fully saturated rings. The normalized spacial score (nSPS) is 18.4. The van der Waals surface area contributed by atoms with E-state index < -0.39 is 29.1 Å². The Morgan fingerprint density at radius 1 is 0.870 bits per heavy atom. The first-order valence-electron chi connectivity index (χ1n) is 15.0. The number of hydrogen-bond acceptors (Lipinski definition) is 8. The second-order valence-corrected chi connectivity index (χ2v) is 11.6. The molecule has 0 bridgehead atoms. The first-order valence-corrected chi connectivity index (χ1v) is 15.0. The molecule has 238 valence electrons. The number of nitrogens with zero attached hydrogens (tertiary/aromatic N) is 2. The van der Waals surface area contributed by atoms with E-state index in [1.54, 1.807) is 53.6 Å². The van der Waals surface area contributed by atoms with E-state index in [-0.39, 0.29) is 17.8 Å². The van der Waals surface area contributed by atoms with Crippen molar-refractivity contribution in [3.8, 4) is 23.0 Å². The van der Waals surface area contributed by atoms with Gasteiger partial charge in [0.1, 0.15) is 22.7 Å². The lowest BCUT2D eigenvalue weighted by Gasteiger charge is -2.38. The first kappa shape index (κ1) is 30.8. The number of halogens is 1. The van der Waals surface area contributed by atoms with Crippen LogP contribution in [0.15, 0.2) is 72.9 Å². The third kappa shape index (κ3) is 6.29. The second kappa shape index (κ2) is 12.6. The Balaban J connectivity index is 1.15. The van der Waals surface area contributed by atoms with Crippen LogP contribution in [0.25, 0.3) is 10.9 Å². The highest BCUT2D eigenvalue weighted by Crippen LogP contribution is 2.47. The van der Waals surface area contributed by atoms with Gasteiger partial charge in [-0.05, 0) is 87.4 Å². The van der Waals surface area contributed by atoms with Crippen LogP contribution in [0.3, 0.4) is 0 Å². The van der Waals surface area contributed by atoms with Crippen molar-refractivity contribution in [2.75, 3.05) is 30.8 Å². The van der Waals surface area contributed by atoms with Crippen molar-refractivity contribution < 1.29 is 33.0 Å². The Labute approximate surface area is 265 Å². The monoisotopic (exact) mass is 627 g/mol. The number of rotatable bonds is 8. The van der Waals surface area contributed by atoms with Crippen LogP contribution >= 0.6 is 0 Å². The predicted molar refractivity (Wildman–Crippen MR) is 170 cm³/mol. The quantitative estimate of drug-likeness (QED) is 0.212. The van der Waals surface area contributed by atoms with Crippen molar-refractivity contribution in [2.45, 2.75) is 38.8 Å². The number of pyridine rings is 1. The summed E-state index contributed by atoms with van der Waals surface area (Å²) in [7, 11) is 1.50. The standard InChI is InChI=1S/C34H34FN5O6/c1-20-18-36-19-21(2)40(20)33(43)46-30-16-26-27(17-29(30)44-3)37-15-12-28(26)45-25-10-8-24(9-11-25)39-32(42)34(13-14-34)31(41)38-23-6-4-22(35)5-7-23/h4-12,15-17,20-21,36H,13-14,18-19H2,1-3H3,(H,38,41)(H,39,42)/t20-,21+. The zero-order valence-corrected chi connectivity index (χ0v) is 25.6. The van der Waals surface area contributed by atoms with Crippen LogP contribution in [-0.2, 0) is 9.59 Å². The number of anilines is 2. The molecule has 1 saturated heterocycles. The fourth-order valence-electron chi connectivity index (χ4n) is 5.55. The van der Waals surface area contributed by atoms with Gasteiger partial charge >= 0.3 is 6.09 Å². The van der Waals surface area contributed by atoms with Crippen LogP contribution < -0.4 is 30.2 Å². The number of carbonyl (C=O) groups is 3. The molecule has 6 rings (SSSR count). The van der Waals surface area contributed by atoms with Crippen LogP contribution in [0.5, 0.6) is 23.0 Å². The Kier molecular flexibility index (Phi) is 8.46. The first-order chi connectivity index (χ1) is 22.2. The number of amides is 3. The van der Waals surface area contributed by atoms with E-state index >= 15 is 0 Å². The maximum Gasteiger partial charge on any atom is 0.415 e. The number of fused-ring (bicyclic) bond motifs is 1. The smallest absolute Gasteiger partial charge is 0.415 e. The molecular weight excluding hydrogens is 593 g/mol. The number of carbonyl (C=O) groups excluding carboxylic acids is 3. The van der Waals surface area contributed by atoms with Crippen LogP contribution in [0, 0.1) is 11.2 Å². The lowest BCUT2D eigenvalue weighted by molar-refractivity contribution is -0.131. The maximum atomic E-state index is 13.2. The van der Waals surface area contributed by atoms with Crippen molar-refractivity contribution in [3.05, 3.63) is 78.7 Å². The Morgan fingerprint density at radius 2 is 1.48 bits per heavy atom. The van der Waals surface area contributed by atoms with Crippen molar-refractivity contribution in [1.82, 2.24) is 15.2 Å². The molecule has 0 unspecified atom stereocenters. The highest BCUT2D eigenvalue weighted by Gasteiger charge is 2.56. The lowest BCUT2D eigenvalue weighted by atomic mass is 10.0. The third-order valence-electron chi connectivity index (χ3n) is 8.29. The minimum atomic E-state index is -1.18. The van der Waals surface area contributed by atoms with Gasteiger partial charge in [-0.3, -0.25) is 19.5 Å². The number of piperazine rings is 1. The van der Waals surface area contributed by atoms with Crippen molar-refractivity contribution in [1.29, 1.82) is 0 Å². The van der Waals surface area contributed by atoms with Gasteiger partial charge in [-0.15, -0.1) is 0 Å². The molecular formula is C34H34FN5O6. The van der Waals surface area contributed by atoms with Gasteiger partial charge in [-0.1, -0.05) is 0 Å². The molecule has 3 amide bonds. The summed E-state index contributed by atoms with van der Waals surface area (Å²) in [5, 5.41) is 9.42. The number of hydrogen-bond donors (Lipinski definition) is 3. The molecule has 2 atom stereocenters. The summed E-state index contributed by atoms with van der Waals surface area (Å²) >= 11 is 0. The van der Waals surface area contributed by atoms with Crippen molar-refractivity contribution in [3.63, 3.8) is 0 Å². The lowest BCUT2D eigenvalue weighted by Crippen LogP contribution is -2.57. The van der Waals surface area contributed by atoms with Crippen LogP contribution in [0.1, 0.15) is 26.7 Å². The number of benzene rings is 3. The van der Waals surface area contributed by atoms with Gasteiger partial charge in [0, 0.05) is 54.2 Å². The largest absolute Gasteiger partial charge is 0.493 e. The highest BCUT2D eigenvalue weighted by atomic mass is 19.1. The number of aromatic nitrogens is 1. The van der Waals surface area contributed by atoms with Gasteiger partial charge in [-0.2, -0.15) is 0 Å². The fraction of sp³-hybridized carbons (Fsp3) is 0.294. The van der Waals surface area contributed by atoms with Gasteiger partial charge in [-0.25, -0.2) is 9.18 Å². The van der Waals surface area contributed by atoms with Crippen LogP contribution in [0.4, 0.5) is 20.6 Å². The van der Waals surface area contributed by atoms with Crippen LogP contribution in [-0.4, -0.2) is 60.1 Å². The molecule has 12 heteroatoms. The summed E-state index contributed by atoms with van der Waals surface area (Å²) in [6.07, 6.45) is 1.96. The molecule has 4 aromatic rings. The van der Waals surface area contributed by atoms with E-state index in [2.05, 4.69) is 20.9 Å². The number of ether oxygens (including phenoxy) is 3. The third-order valence-corrected chi connectivity index (χ3v) is 8.29. The summed E-state index contributed by atoms with van der Waals surface area (Å²) in [4.78, 5) is 45.3. The van der Waals surface area contributed by atoms with Crippen molar-refractivity contribution in [2.24, 2.45) is 5.41 Å². The molecule has 3 N–H and O–H groups in total. The topological polar surface area (TPSA) is 131 Å². The fourth-order valence-corrected chi connectivity index (χ4v) is 5.55. The van der Waals surface area contributed by atoms with Gasteiger partial charge in [0.25, 0.3) is 0 Å². The van der Waals surface area contributed by atoms with E-state index in [0.717, 1.165) is 0 Å². The van der Waals surface area contributed by atoms with E-state index in [0.29, 0.717) is 65.5 Å². The minimum absolute atomic E-state index is 0.0376. The average molecular weight is 628 g/mol. The van der Waals surface area contributed by atoms with Gasteiger partial charge in [0.15, 0.2) is 11.5 Å². The predicted octanol–water partition coefficient (Wildman–Crippen LogP) is 5.71. The molecule has 2 heterocycles. The minimum Gasteiger partial charge on any atom is -0.493 e. The molecule has 1 saturated carbocycles. The van der Waals surface area contributed by atoms with Crippen LogP contribution in [0.2, 0.25) is 0 Å². The maximum absolute atomic E-state index is 13.2. The SMILES string of the molecule is COc1cc2nccc(Oc3ccc(NC(=O)C4(C(=O)Nc5ccc(F)cc5)CC4)cc3)c2cc1OC(=O)N1[C@H](C)CNC[C@@H]1C. The van der Waals surface area contributed by atoms with E-state index in [1.807, 2.05) is 13.8 Å². The molecule has 1 aliphatic carbocycles. The molecule has 2 aliphatic rings. The molecule has 11 nitrogen and oxygen atoms in total. The Hall–Kier alpha value is -5.23. The average Bonchev–Trinajstić information content (AvgIpc) is 3.86. The molecule has 1 aliphatic heterocycles. The molecule has 0 spiro atoms. The van der Waals surface area contributed by atoms with Gasteiger partial charge < -0.3 is 30.2 Å². The Morgan fingerprint density at radius 3 is 2.07 bits per heavy atom. The molecule has 46 heavy (non-hydrogen) atoms. The van der Waals surface area contributed by atoms with Gasteiger partial charge in [0.2, 0.25) is 11.8 Å². The molecule has 0 radical (unpaired) electrons. The zero-order valence-electron chi connectivity index (χ0n) is 25.6. The molecule has 3 aromatic carbocycles. The summed E-state index contributed by atoms with van der Waals surface area (Å²) < 4.78 is 30.7. The second-order valence-electron chi connectivity index (χ2n) is 11.6. The number of nitrogens with one attached hydrogen (secondary N) is 3. The molecule has 1 aromatic heterocycles. The van der Waals surface area contributed by atoms with Gasteiger partial charge in [0.05, 0.1) is 12.6 Å². The Bertz CT molecular complexity index is 1770.